The molecular formula is C20H21N3O2. The maximum atomic E-state index is 12.8. The van der Waals surface area contributed by atoms with Gasteiger partial charge in [0.1, 0.15) is 11.9 Å². The molecule has 0 atom stereocenters. The lowest BCUT2D eigenvalue weighted by Gasteiger charge is -2.32. The van der Waals surface area contributed by atoms with Crippen LogP contribution in [0.15, 0.2) is 48.8 Å². The number of hydrogen-bond acceptors (Lipinski definition) is 3. The number of aromatic nitrogens is 2. The lowest BCUT2D eigenvalue weighted by Crippen LogP contribution is -2.41. The summed E-state index contributed by atoms with van der Waals surface area (Å²) in [5, 5.41) is 0.983. The highest BCUT2D eigenvalue weighted by Crippen LogP contribution is 2.23. The Morgan fingerprint density at radius 2 is 2.00 bits per heavy atom. The first-order valence-electron chi connectivity index (χ1n) is 8.65. The van der Waals surface area contributed by atoms with Gasteiger partial charge in [-0.1, -0.05) is 18.2 Å². The second kappa shape index (κ2) is 6.59. The number of amides is 1. The summed E-state index contributed by atoms with van der Waals surface area (Å²) >= 11 is 0. The Morgan fingerprint density at radius 3 is 2.76 bits per heavy atom. The molecule has 0 unspecified atom stereocenters. The van der Waals surface area contributed by atoms with Gasteiger partial charge in [0.2, 0.25) is 0 Å². The molecule has 5 heteroatoms. The molecule has 1 aliphatic heterocycles. The highest BCUT2D eigenvalue weighted by atomic mass is 16.5. The highest BCUT2D eigenvalue weighted by Gasteiger charge is 2.26. The quantitative estimate of drug-likeness (QED) is 0.796. The molecule has 0 radical (unpaired) electrons. The second-order valence-corrected chi connectivity index (χ2v) is 6.49. The molecule has 1 saturated heterocycles. The van der Waals surface area contributed by atoms with Crippen LogP contribution < -0.4 is 4.74 Å². The molecule has 1 fully saturated rings. The van der Waals surface area contributed by atoms with E-state index in [1.807, 2.05) is 54.4 Å². The van der Waals surface area contributed by atoms with E-state index in [-0.39, 0.29) is 12.0 Å². The number of nitrogens with one attached hydrogen (secondary N) is 1. The first kappa shape index (κ1) is 15.7. The minimum atomic E-state index is 0.0907. The number of benzene rings is 1. The molecule has 5 nitrogen and oxygen atoms in total. The van der Waals surface area contributed by atoms with Crippen molar-refractivity contribution in [1.82, 2.24) is 14.9 Å². The Hall–Kier alpha value is -2.82. The fraction of sp³-hybridized carbons (Fsp3) is 0.300. The molecule has 2 aromatic heterocycles. The number of carbonyl (C=O) groups excluding carboxylic acids is 1. The molecule has 1 N–H and O–H groups in total. The second-order valence-electron chi connectivity index (χ2n) is 6.49. The maximum Gasteiger partial charge on any atom is 0.256 e. The number of nitrogens with zero attached hydrogens (tertiary/aromatic N) is 2. The van der Waals surface area contributed by atoms with Crippen LogP contribution in [0.25, 0.3) is 10.9 Å². The average Bonchev–Trinajstić information content (AvgIpc) is 3.08. The number of piperidine rings is 1. The van der Waals surface area contributed by atoms with Gasteiger partial charge in [0.25, 0.3) is 5.91 Å². The number of aromatic amines is 1. The van der Waals surface area contributed by atoms with Gasteiger partial charge in [0.05, 0.1) is 11.8 Å². The van der Waals surface area contributed by atoms with E-state index in [9.17, 15) is 4.79 Å². The zero-order chi connectivity index (χ0) is 17.2. The van der Waals surface area contributed by atoms with Gasteiger partial charge in [0, 0.05) is 48.7 Å². The van der Waals surface area contributed by atoms with Crippen LogP contribution in [0.2, 0.25) is 0 Å². The fourth-order valence-corrected chi connectivity index (χ4v) is 3.31. The van der Waals surface area contributed by atoms with Crippen LogP contribution in [0, 0.1) is 6.92 Å². The Labute approximate surface area is 146 Å². The fourth-order valence-electron chi connectivity index (χ4n) is 3.31. The van der Waals surface area contributed by atoms with E-state index in [0.717, 1.165) is 40.8 Å². The number of pyridine rings is 1. The minimum absolute atomic E-state index is 0.0907. The SMILES string of the molecule is Cc1ccc(OC2CCN(C(=O)c3c[nH]c4ccccc34)CC2)cn1. The molecule has 128 valence electrons. The number of fused-ring (bicyclic) bond motifs is 1. The number of H-pyrrole nitrogens is 1. The molecule has 1 amide bonds. The van der Waals surface area contributed by atoms with Gasteiger partial charge >= 0.3 is 0 Å². The van der Waals surface area contributed by atoms with Crippen LogP contribution in [-0.4, -0.2) is 40.0 Å². The van der Waals surface area contributed by atoms with Gasteiger partial charge < -0.3 is 14.6 Å². The molecule has 3 aromatic rings. The Morgan fingerprint density at radius 1 is 1.20 bits per heavy atom. The molecule has 25 heavy (non-hydrogen) atoms. The summed E-state index contributed by atoms with van der Waals surface area (Å²) in [5.74, 6) is 0.889. The predicted molar refractivity (Wildman–Crippen MR) is 96.8 cm³/mol. The minimum Gasteiger partial charge on any atom is -0.489 e. The number of hydrogen-bond donors (Lipinski definition) is 1. The van der Waals surface area contributed by atoms with Crippen molar-refractivity contribution < 1.29 is 9.53 Å². The summed E-state index contributed by atoms with van der Waals surface area (Å²) < 4.78 is 5.99. The lowest BCUT2D eigenvalue weighted by molar-refractivity contribution is 0.0597. The van der Waals surface area contributed by atoms with E-state index >= 15 is 0 Å². The topological polar surface area (TPSA) is 58.2 Å². The monoisotopic (exact) mass is 335 g/mol. The average molecular weight is 335 g/mol. The van der Waals surface area contributed by atoms with Crippen LogP contribution in [0.3, 0.4) is 0 Å². The third kappa shape index (κ3) is 3.22. The van der Waals surface area contributed by atoms with Gasteiger partial charge in [-0.3, -0.25) is 9.78 Å². The van der Waals surface area contributed by atoms with Crippen molar-refractivity contribution in [2.45, 2.75) is 25.9 Å². The third-order valence-corrected chi connectivity index (χ3v) is 4.74. The van der Waals surface area contributed by atoms with Gasteiger partial charge in [-0.2, -0.15) is 0 Å². The zero-order valence-electron chi connectivity index (χ0n) is 14.2. The van der Waals surface area contributed by atoms with Gasteiger partial charge in [0.15, 0.2) is 0 Å². The number of ether oxygens (including phenoxy) is 1. The highest BCUT2D eigenvalue weighted by molar-refractivity contribution is 6.06. The van der Waals surface area contributed by atoms with Crippen LogP contribution in [-0.2, 0) is 0 Å². The van der Waals surface area contributed by atoms with E-state index in [1.165, 1.54) is 0 Å². The van der Waals surface area contributed by atoms with Crippen molar-refractivity contribution >= 4 is 16.8 Å². The van der Waals surface area contributed by atoms with Gasteiger partial charge in [-0.25, -0.2) is 0 Å². The third-order valence-electron chi connectivity index (χ3n) is 4.74. The van der Waals surface area contributed by atoms with Crippen molar-refractivity contribution in [2.24, 2.45) is 0 Å². The molecule has 0 saturated carbocycles. The van der Waals surface area contributed by atoms with E-state index in [1.54, 1.807) is 6.20 Å². The maximum absolute atomic E-state index is 12.8. The van der Waals surface area contributed by atoms with Crippen LogP contribution in [0.4, 0.5) is 0 Å². The Bertz CT molecular complexity index is 877. The molecular weight excluding hydrogens is 314 g/mol. The number of likely N-dealkylation sites (tertiary alicyclic amines) is 1. The summed E-state index contributed by atoms with van der Waals surface area (Å²) in [6.45, 7) is 3.38. The zero-order valence-corrected chi connectivity index (χ0v) is 14.2. The number of para-hydroxylation sites is 1. The van der Waals surface area contributed by atoms with E-state index in [2.05, 4.69) is 9.97 Å². The Balaban J connectivity index is 1.39. The molecule has 0 aliphatic carbocycles. The summed E-state index contributed by atoms with van der Waals surface area (Å²) in [5.41, 5.74) is 2.72. The molecule has 1 aromatic carbocycles. The number of rotatable bonds is 3. The van der Waals surface area contributed by atoms with Gasteiger partial charge in [-0.05, 0) is 25.1 Å². The van der Waals surface area contributed by atoms with Crippen LogP contribution in [0.1, 0.15) is 28.9 Å². The number of aryl methyl sites for hydroxylation is 1. The molecule has 1 aliphatic rings. The van der Waals surface area contributed by atoms with Crippen LogP contribution >= 0.6 is 0 Å². The first-order chi connectivity index (χ1) is 12.2. The summed E-state index contributed by atoms with van der Waals surface area (Å²) in [7, 11) is 0. The molecule has 4 rings (SSSR count). The molecule has 3 heterocycles. The van der Waals surface area contributed by atoms with E-state index in [4.69, 9.17) is 4.74 Å². The summed E-state index contributed by atoms with van der Waals surface area (Å²) in [6, 6.07) is 11.8. The first-order valence-corrected chi connectivity index (χ1v) is 8.65. The van der Waals surface area contributed by atoms with Crippen molar-refractivity contribution in [1.29, 1.82) is 0 Å². The lowest BCUT2D eigenvalue weighted by atomic mass is 10.1. The number of carbonyl (C=O) groups is 1. The summed E-state index contributed by atoms with van der Waals surface area (Å²) in [6.07, 6.45) is 5.38. The van der Waals surface area contributed by atoms with E-state index < -0.39 is 0 Å². The van der Waals surface area contributed by atoms with Crippen molar-refractivity contribution in [3.05, 3.63) is 60.0 Å². The smallest absolute Gasteiger partial charge is 0.256 e. The molecule has 0 spiro atoms. The van der Waals surface area contributed by atoms with Crippen molar-refractivity contribution in [2.75, 3.05) is 13.1 Å². The predicted octanol–water partition coefficient (Wildman–Crippen LogP) is 3.55. The molecule has 0 bridgehead atoms. The van der Waals surface area contributed by atoms with E-state index in [0.29, 0.717) is 13.1 Å². The van der Waals surface area contributed by atoms with Crippen LogP contribution in [0.5, 0.6) is 5.75 Å². The largest absolute Gasteiger partial charge is 0.489 e. The standard InChI is InChI=1S/C20H21N3O2/c1-14-6-7-16(12-21-14)25-15-8-10-23(11-9-15)20(24)18-13-22-19-5-3-2-4-17(18)19/h2-7,12-13,15,22H,8-11H2,1H3. The normalized spacial score (nSPS) is 15.5. The summed E-state index contributed by atoms with van der Waals surface area (Å²) in [4.78, 5) is 22.2. The van der Waals surface area contributed by atoms with Crippen molar-refractivity contribution in [3.63, 3.8) is 0 Å². The van der Waals surface area contributed by atoms with Gasteiger partial charge in [-0.15, -0.1) is 0 Å². The Kier molecular flexibility index (Phi) is 4.14. The van der Waals surface area contributed by atoms with Crippen molar-refractivity contribution in [3.8, 4) is 5.75 Å².